The summed E-state index contributed by atoms with van der Waals surface area (Å²) in [4.78, 5) is 31.4. The van der Waals surface area contributed by atoms with E-state index in [-0.39, 0.29) is 11.3 Å². The molecule has 13 heavy (non-hydrogen) atoms. The molecule has 0 aromatic heterocycles. The van der Waals surface area contributed by atoms with Crippen LogP contribution in [-0.4, -0.2) is 11.7 Å². The highest BCUT2D eigenvalue weighted by Crippen LogP contribution is 2.06. The largest absolute Gasteiger partial charge is 0.316 e. The van der Waals surface area contributed by atoms with Gasteiger partial charge in [-0.1, -0.05) is 12.1 Å². The number of ketones is 1. The third-order valence-electron chi connectivity index (χ3n) is 1.62. The number of carbonyl (C=O) groups is 2. The maximum atomic E-state index is 10.8. The highest BCUT2D eigenvalue weighted by Gasteiger charge is 2.05. The molecular weight excluding hydrogens is 170 g/mol. The summed E-state index contributed by atoms with van der Waals surface area (Å²) in [5, 5.41) is 2.26. The van der Waals surface area contributed by atoms with Crippen molar-refractivity contribution >= 4 is 11.7 Å². The number of rotatable bonds is 2. The molecule has 1 aromatic rings. The zero-order valence-corrected chi connectivity index (χ0v) is 6.98. The van der Waals surface area contributed by atoms with E-state index in [0.29, 0.717) is 5.56 Å². The normalized spacial score (nSPS) is 9.31. The molecule has 0 atom stereocenters. The van der Waals surface area contributed by atoms with E-state index in [1.165, 1.54) is 31.2 Å². The lowest BCUT2D eigenvalue weighted by atomic mass is 10.1. The second kappa shape index (κ2) is 3.71. The lowest BCUT2D eigenvalue weighted by Crippen LogP contribution is -1.96. The van der Waals surface area contributed by atoms with Crippen LogP contribution in [0.2, 0.25) is 0 Å². The molecule has 0 bridgehead atoms. The lowest BCUT2D eigenvalue weighted by Gasteiger charge is -1.95. The summed E-state index contributed by atoms with van der Waals surface area (Å²) in [7, 11) is 0. The van der Waals surface area contributed by atoms with Gasteiger partial charge in [-0.3, -0.25) is 9.59 Å². The first kappa shape index (κ1) is 9.25. The standard InChI is InChI=1S/C9H7NO3/c1-6(11)7-2-4-8(5-3-7)9(12)10-13/h2-5H,1H3. The van der Waals surface area contributed by atoms with Gasteiger partial charge in [-0.25, -0.2) is 0 Å². The topological polar surface area (TPSA) is 63.6 Å². The molecule has 1 rings (SSSR count). The number of carbonyl (C=O) groups excluding carboxylic acids is 2. The molecule has 0 unspecified atom stereocenters. The van der Waals surface area contributed by atoms with E-state index < -0.39 is 5.91 Å². The molecular formula is C9H7NO3. The quantitative estimate of drug-likeness (QED) is 0.511. The van der Waals surface area contributed by atoms with Crippen LogP contribution in [0.4, 0.5) is 0 Å². The first-order valence-corrected chi connectivity index (χ1v) is 3.64. The minimum absolute atomic E-state index is 0.0851. The monoisotopic (exact) mass is 177 g/mol. The average Bonchev–Trinajstić information content (AvgIpc) is 2.17. The van der Waals surface area contributed by atoms with Crippen LogP contribution in [0.3, 0.4) is 0 Å². The first-order chi connectivity index (χ1) is 6.15. The number of nitrogens with zero attached hydrogens (tertiary/aromatic N) is 1. The fourth-order valence-corrected chi connectivity index (χ4v) is 0.900. The van der Waals surface area contributed by atoms with Gasteiger partial charge in [0.2, 0.25) is 0 Å². The molecule has 1 amide bonds. The minimum Gasteiger partial charge on any atom is -0.295 e. The van der Waals surface area contributed by atoms with Crippen molar-refractivity contribution in [2.24, 2.45) is 5.18 Å². The third-order valence-corrected chi connectivity index (χ3v) is 1.62. The SMILES string of the molecule is CC(=O)c1ccc(C(=O)N=O)cc1. The lowest BCUT2D eigenvalue weighted by molar-refractivity contribution is 0.0993. The van der Waals surface area contributed by atoms with Gasteiger partial charge in [0.05, 0.1) is 0 Å². The van der Waals surface area contributed by atoms with Crippen molar-refractivity contribution in [1.82, 2.24) is 0 Å². The zero-order valence-electron chi connectivity index (χ0n) is 6.98. The molecule has 4 nitrogen and oxygen atoms in total. The van der Waals surface area contributed by atoms with E-state index in [1.54, 1.807) is 0 Å². The number of hydrogen-bond acceptors (Lipinski definition) is 3. The van der Waals surface area contributed by atoms with Crippen molar-refractivity contribution < 1.29 is 9.59 Å². The molecule has 1 aromatic carbocycles. The molecule has 4 heteroatoms. The molecule has 0 saturated heterocycles. The summed E-state index contributed by atoms with van der Waals surface area (Å²) < 4.78 is 0. The van der Waals surface area contributed by atoms with Gasteiger partial charge in [-0.15, -0.1) is 4.91 Å². The van der Waals surface area contributed by atoms with E-state index in [0.717, 1.165) is 0 Å². The van der Waals surface area contributed by atoms with Crippen molar-refractivity contribution in [3.63, 3.8) is 0 Å². The fraction of sp³-hybridized carbons (Fsp3) is 0.111. The summed E-state index contributed by atoms with van der Waals surface area (Å²) in [5.74, 6) is -0.909. The smallest absolute Gasteiger partial charge is 0.295 e. The number of Topliss-reactive ketones (excluding diaryl/α,β-unsaturated/α-hetero) is 1. The Labute approximate surface area is 74.5 Å². The molecule has 0 radical (unpaired) electrons. The van der Waals surface area contributed by atoms with Crippen LogP contribution < -0.4 is 0 Å². The van der Waals surface area contributed by atoms with E-state index in [9.17, 15) is 14.5 Å². The number of nitroso groups, excluding NO2 is 1. The maximum Gasteiger partial charge on any atom is 0.316 e. The molecule has 0 heterocycles. The van der Waals surface area contributed by atoms with Crippen molar-refractivity contribution in [3.8, 4) is 0 Å². The van der Waals surface area contributed by atoms with Crippen LogP contribution in [0.1, 0.15) is 27.6 Å². The predicted octanol–water partition coefficient (Wildman–Crippen LogP) is 1.80. The van der Waals surface area contributed by atoms with Crippen molar-refractivity contribution in [2.45, 2.75) is 6.92 Å². The summed E-state index contributed by atoms with van der Waals surface area (Å²) in [6.07, 6.45) is 0. The molecule has 0 aliphatic heterocycles. The Hall–Kier alpha value is -1.84. The molecule has 0 N–H and O–H groups in total. The summed E-state index contributed by atoms with van der Waals surface area (Å²) in [5.41, 5.74) is 0.697. The van der Waals surface area contributed by atoms with E-state index in [4.69, 9.17) is 0 Å². The summed E-state index contributed by atoms with van der Waals surface area (Å²) >= 11 is 0. The number of hydrogen-bond donors (Lipinski definition) is 0. The van der Waals surface area contributed by atoms with Gasteiger partial charge in [0.25, 0.3) is 0 Å². The van der Waals surface area contributed by atoms with Gasteiger partial charge < -0.3 is 0 Å². The van der Waals surface area contributed by atoms with Gasteiger partial charge in [-0.2, -0.15) is 0 Å². The molecule has 0 aliphatic carbocycles. The van der Waals surface area contributed by atoms with Gasteiger partial charge in [0.1, 0.15) is 0 Å². The minimum atomic E-state index is -0.824. The molecule has 0 spiro atoms. The van der Waals surface area contributed by atoms with Gasteiger partial charge in [0.15, 0.2) is 5.78 Å². The van der Waals surface area contributed by atoms with Crippen LogP contribution in [0.5, 0.6) is 0 Å². The van der Waals surface area contributed by atoms with Crippen LogP contribution in [0.15, 0.2) is 29.4 Å². The highest BCUT2D eigenvalue weighted by molar-refractivity contribution is 5.97. The van der Waals surface area contributed by atoms with E-state index in [2.05, 4.69) is 5.18 Å². The second-order valence-corrected chi connectivity index (χ2v) is 2.53. The Morgan fingerprint density at radius 1 is 1.08 bits per heavy atom. The van der Waals surface area contributed by atoms with Crippen molar-refractivity contribution in [3.05, 3.63) is 40.3 Å². The zero-order chi connectivity index (χ0) is 9.84. The Bertz CT molecular complexity index is 354. The van der Waals surface area contributed by atoms with Crippen molar-refractivity contribution in [1.29, 1.82) is 0 Å². The van der Waals surface area contributed by atoms with Crippen LogP contribution in [0.25, 0.3) is 0 Å². The van der Waals surface area contributed by atoms with Crippen LogP contribution in [-0.2, 0) is 0 Å². The molecule has 0 saturated carbocycles. The summed E-state index contributed by atoms with van der Waals surface area (Å²) in [6.45, 7) is 1.43. The van der Waals surface area contributed by atoms with Gasteiger partial charge in [0, 0.05) is 16.3 Å². The molecule has 66 valence electrons. The molecule has 0 aliphatic rings. The number of benzene rings is 1. The Morgan fingerprint density at radius 2 is 1.54 bits per heavy atom. The summed E-state index contributed by atoms with van der Waals surface area (Å²) in [6, 6.07) is 5.78. The fourth-order valence-electron chi connectivity index (χ4n) is 0.900. The van der Waals surface area contributed by atoms with Crippen LogP contribution >= 0.6 is 0 Å². The highest BCUT2D eigenvalue weighted by atomic mass is 16.3. The Kier molecular flexibility index (Phi) is 2.64. The third kappa shape index (κ3) is 2.05. The average molecular weight is 177 g/mol. The van der Waals surface area contributed by atoms with E-state index in [1.807, 2.05) is 0 Å². The van der Waals surface area contributed by atoms with Gasteiger partial charge >= 0.3 is 5.91 Å². The van der Waals surface area contributed by atoms with Crippen LogP contribution in [0, 0.1) is 4.91 Å². The molecule has 0 fully saturated rings. The van der Waals surface area contributed by atoms with Crippen molar-refractivity contribution in [2.75, 3.05) is 0 Å². The Morgan fingerprint density at radius 3 is 1.92 bits per heavy atom. The van der Waals surface area contributed by atoms with Gasteiger partial charge in [-0.05, 0) is 19.1 Å². The predicted molar refractivity (Wildman–Crippen MR) is 46.6 cm³/mol. The first-order valence-electron chi connectivity index (χ1n) is 3.64. The van der Waals surface area contributed by atoms with E-state index >= 15 is 0 Å². The number of amides is 1. The second-order valence-electron chi connectivity index (χ2n) is 2.53. The maximum absolute atomic E-state index is 10.8. The Balaban J connectivity index is 3.00.